The molecular weight excluding hydrogens is 254 g/mol. The fourth-order valence-corrected chi connectivity index (χ4v) is 2.79. The molecule has 0 aliphatic rings. The molecule has 0 aliphatic carbocycles. The van der Waals surface area contributed by atoms with Crippen molar-refractivity contribution >= 4 is 10.8 Å². The van der Waals surface area contributed by atoms with Crippen molar-refractivity contribution in [3.63, 3.8) is 0 Å². The van der Waals surface area contributed by atoms with Gasteiger partial charge in [0, 0.05) is 6.04 Å². The van der Waals surface area contributed by atoms with Gasteiger partial charge in [0.05, 0.1) is 0 Å². The second-order valence-electron chi connectivity index (χ2n) is 6.73. The molecule has 1 heteroatoms. The van der Waals surface area contributed by atoms with E-state index in [9.17, 15) is 0 Å². The molecule has 0 aliphatic heterocycles. The quantitative estimate of drug-likeness (QED) is 0.737. The van der Waals surface area contributed by atoms with Crippen LogP contribution in [0.5, 0.6) is 0 Å². The Morgan fingerprint density at radius 1 is 1.00 bits per heavy atom. The molecule has 1 nitrogen and oxygen atoms in total. The van der Waals surface area contributed by atoms with Crippen LogP contribution in [0, 0.1) is 5.41 Å². The van der Waals surface area contributed by atoms with Gasteiger partial charge in [0.15, 0.2) is 0 Å². The SMILES string of the molecule is CCCNC(Cc1ccc2ccccc2c1)C(C)(C)CC. The second kappa shape index (κ2) is 7.09. The van der Waals surface area contributed by atoms with Gasteiger partial charge in [0.1, 0.15) is 0 Å². The highest BCUT2D eigenvalue weighted by atomic mass is 14.9. The molecule has 2 aromatic carbocycles. The fraction of sp³-hybridized carbons (Fsp3) is 0.500. The van der Waals surface area contributed by atoms with Crippen LogP contribution in [-0.2, 0) is 6.42 Å². The highest BCUT2D eigenvalue weighted by Gasteiger charge is 2.27. The third kappa shape index (κ3) is 4.07. The summed E-state index contributed by atoms with van der Waals surface area (Å²) in [6, 6.07) is 16.0. The summed E-state index contributed by atoms with van der Waals surface area (Å²) in [5.41, 5.74) is 1.75. The first kappa shape index (κ1) is 16.0. The number of hydrogen-bond acceptors (Lipinski definition) is 1. The summed E-state index contributed by atoms with van der Waals surface area (Å²) in [6.07, 6.45) is 3.49. The molecule has 2 rings (SSSR count). The third-order valence-electron chi connectivity index (χ3n) is 4.75. The standard InChI is InChI=1S/C20H29N/c1-5-13-21-19(20(3,4)6-2)15-16-11-12-17-9-7-8-10-18(17)14-16/h7-12,14,19,21H,5-6,13,15H2,1-4H3. The van der Waals surface area contributed by atoms with Crippen LogP contribution < -0.4 is 5.32 Å². The smallest absolute Gasteiger partial charge is 0.0158 e. The van der Waals surface area contributed by atoms with Gasteiger partial charge in [-0.3, -0.25) is 0 Å². The maximum Gasteiger partial charge on any atom is 0.0158 e. The minimum Gasteiger partial charge on any atom is -0.313 e. The highest BCUT2D eigenvalue weighted by Crippen LogP contribution is 2.28. The molecule has 0 radical (unpaired) electrons. The van der Waals surface area contributed by atoms with Gasteiger partial charge in [-0.1, -0.05) is 70.2 Å². The Bertz CT molecular complexity index is 571. The van der Waals surface area contributed by atoms with E-state index in [1.54, 1.807) is 0 Å². The summed E-state index contributed by atoms with van der Waals surface area (Å²) in [7, 11) is 0. The van der Waals surface area contributed by atoms with E-state index in [0.717, 1.165) is 13.0 Å². The molecular formula is C20H29N. The molecule has 21 heavy (non-hydrogen) atoms. The zero-order valence-corrected chi connectivity index (χ0v) is 13.9. The molecule has 0 heterocycles. The molecule has 1 atom stereocenters. The van der Waals surface area contributed by atoms with Crippen LogP contribution in [-0.4, -0.2) is 12.6 Å². The summed E-state index contributed by atoms with van der Waals surface area (Å²) < 4.78 is 0. The molecule has 0 amide bonds. The predicted octanol–water partition coefficient (Wildman–Crippen LogP) is 5.19. The Morgan fingerprint density at radius 2 is 1.71 bits per heavy atom. The van der Waals surface area contributed by atoms with Crippen LogP contribution in [0.3, 0.4) is 0 Å². The highest BCUT2D eigenvalue weighted by molar-refractivity contribution is 5.82. The largest absolute Gasteiger partial charge is 0.313 e. The lowest BCUT2D eigenvalue weighted by molar-refractivity contribution is 0.230. The van der Waals surface area contributed by atoms with E-state index in [1.165, 1.54) is 29.2 Å². The minimum atomic E-state index is 0.320. The van der Waals surface area contributed by atoms with Gasteiger partial charge in [0.2, 0.25) is 0 Å². The summed E-state index contributed by atoms with van der Waals surface area (Å²) in [6.45, 7) is 10.4. The molecule has 0 aromatic heterocycles. The Balaban J connectivity index is 2.21. The molecule has 0 fully saturated rings. The molecule has 1 unspecified atom stereocenters. The van der Waals surface area contributed by atoms with Crippen LogP contribution in [0.4, 0.5) is 0 Å². The van der Waals surface area contributed by atoms with Crippen molar-refractivity contribution < 1.29 is 0 Å². The van der Waals surface area contributed by atoms with E-state index in [1.807, 2.05) is 0 Å². The van der Waals surface area contributed by atoms with Gasteiger partial charge < -0.3 is 5.32 Å². The first-order chi connectivity index (χ1) is 10.1. The minimum absolute atomic E-state index is 0.320. The number of rotatable bonds is 7. The average molecular weight is 283 g/mol. The van der Waals surface area contributed by atoms with Crippen molar-refractivity contribution in [1.29, 1.82) is 0 Å². The molecule has 114 valence electrons. The predicted molar refractivity (Wildman–Crippen MR) is 93.8 cm³/mol. The topological polar surface area (TPSA) is 12.0 Å². The first-order valence-corrected chi connectivity index (χ1v) is 8.28. The normalized spacial score (nSPS) is 13.5. The molecule has 0 saturated carbocycles. The monoisotopic (exact) mass is 283 g/mol. The van der Waals surface area contributed by atoms with Crippen molar-refractivity contribution in [3.05, 3.63) is 48.0 Å². The number of fused-ring (bicyclic) bond motifs is 1. The summed E-state index contributed by atoms with van der Waals surface area (Å²) >= 11 is 0. The van der Waals surface area contributed by atoms with Crippen molar-refractivity contribution in [1.82, 2.24) is 5.32 Å². The molecule has 0 saturated heterocycles. The maximum atomic E-state index is 3.76. The first-order valence-electron chi connectivity index (χ1n) is 8.28. The number of hydrogen-bond donors (Lipinski definition) is 1. The van der Waals surface area contributed by atoms with Gasteiger partial charge in [-0.2, -0.15) is 0 Å². The van der Waals surface area contributed by atoms with E-state index in [0.29, 0.717) is 11.5 Å². The average Bonchev–Trinajstić information content (AvgIpc) is 2.51. The van der Waals surface area contributed by atoms with Crippen LogP contribution in [0.1, 0.15) is 46.1 Å². The van der Waals surface area contributed by atoms with Gasteiger partial charge in [-0.05, 0) is 47.6 Å². The van der Waals surface area contributed by atoms with E-state index >= 15 is 0 Å². The summed E-state index contributed by atoms with van der Waals surface area (Å²) in [5.74, 6) is 0. The van der Waals surface area contributed by atoms with Crippen LogP contribution in [0.25, 0.3) is 10.8 Å². The maximum absolute atomic E-state index is 3.76. The van der Waals surface area contributed by atoms with Crippen molar-refractivity contribution in [3.8, 4) is 0 Å². The molecule has 2 aromatic rings. The van der Waals surface area contributed by atoms with Gasteiger partial charge in [0.25, 0.3) is 0 Å². The van der Waals surface area contributed by atoms with Crippen LogP contribution in [0.15, 0.2) is 42.5 Å². The Morgan fingerprint density at radius 3 is 2.38 bits per heavy atom. The van der Waals surface area contributed by atoms with Gasteiger partial charge >= 0.3 is 0 Å². The van der Waals surface area contributed by atoms with Gasteiger partial charge in [-0.15, -0.1) is 0 Å². The van der Waals surface area contributed by atoms with Crippen molar-refractivity contribution in [2.24, 2.45) is 5.41 Å². The zero-order valence-electron chi connectivity index (χ0n) is 13.9. The van der Waals surface area contributed by atoms with Crippen LogP contribution >= 0.6 is 0 Å². The van der Waals surface area contributed by atoms with Crippen molar-refractivity contribution in [2.45, 2.75) is 53.0 Å². The molecule has 0 bridgehead atoms. The van der Waals surface area contributed by atoms with E-state index in [4.69, 9.17) is 0 Å². The number of benzene rings is 2. The third-order valence-corrected chi connectivity index (χ3v) is 4.75. The molecule has 0 spiro atoms. The van der Waals surface area contributed by atoms with E-state index in [2.05, 4.69) is 75.5 Å². The zero-order chi connectivity index (χ0) is 15.3. The second-order valence-corrected chi connectivity index (χ2v) is 6.73. The molecule has 1 N–H and O–H groups in total. The number of nitrogens with one attached hydrogen (secondary N) is 1. The van der Waals surface area contributed by atoms with E-state index in [-0.39, 0.29) is 0 Å². The fourth-order valence-electron chi connectivity index (χ4n) is 2.79. The van der Waals surface area contributed by atoms with Crippen LogP contribution in [0.2, 0.25) is 0 Å². The lowest BCUT2D eigenvalue weighted by Crippen LogP contribution is -2.43. The Labute approximate surface area is 129 Å². The van der Waals surface area contributed by atoms with E-state index < -0.39 is 0 Å². The van der Waals surface area contributed by atoms with Gasteiger partial charge in [-0.25, -0.2) is 0 Å². The van der Waals surface area contributed by atoms with Crippen molar-refractivity contribution in [2.75, 3.05) is 6.54 Å². The summed E-state index contributed by atoms with van der Waals surface area (Å²) in [4.78, 5) is 0. The Kier molecular flexibility index (Phi) is 5.41. The lowest BCUT2D eigenvalue weighted by atomic mass is 9.78. The Hall–Kier alpha value is -1.34. The lowest BCUT2D eigenvalue weighted by Gasteiger charge is -2.34. The summed E-state index contributed by atoms with van der Waals surface area (Å²) in [5, 5.41) is 6.43.